The molecule has 0 aliphatic heterocycles. The molecule has 0 spiro atoms. The molecule has 1 atom stereocenters. The van der Waals surface area contributed by atoms with Gasteiger partial charge in [-0.2, -0.15) is 0 Å². The van der Waals surface area contributed by atoms with Gasteiger partial charge in [0.1, 0.15) is 6.54 Å². The maximum absolute atomic E-state index is 12.7. The minimum Gasteiger partial charge on any atom is -0.493 e. The summed E-state index contributed by atoms with van der Waals surface area (Å²) < 4.78 is 10.8. The maximum Gasteiger partial charge on any atom is 0.323 e. The van der Waals surface area contributed by atoms with Gasteiger partial charge in [-0.1, -0.05) is 25.4 Å². The van der Waals surface area contributed by atoms with Crippen molar-refractivity contribution in [2.45, 2.75) is 39.7 Å². The van der Waals surface area contributed by atoms with Gasteiger partial charge in [0.15, 0.2) is 11.5 Å². The van der Waals surface area contributed by atoms with Crippen LogP contribution in [-0.4, -0.2) is 48.2 Å². The van der Waals surface area contributed by atoms with E-state index in [1.165, 1.54) is 24.1 Å². The van der Waals surface area contributed by atoms with Crippen molar-refractivity contribution in [2.75, 3.05) is 20.3 Å². The largest absolute Gasteiger partial charge is 0.493 e. The van der Waals surface area contributed by atoms with E-state index >= 15 is 0 Å². The number of carboxylic acids is 1. The molecule has 0 aromatic heterocycles. The molecule has 0 bridgehead atoms. The summed E-state index contributed by atoms with van der Waals surface area (Å²) in [5.41, 5.74) is 0.266. The highest BCUT2D eigenvalue weighted by Crippen LogP contribution is 2.37. The summed E-state index contributed by atoms with van der Waals surface area (Å²) in [6.07, 6.45) is 1.45. The molecule has 6 nitrogen and oxygen atoms in total. The first kappa shape index (κ1) is 20.1. The molecule has 1 N–H and O–H groups in total. The number of hydrogen-bond acceptors (Lipinski definition) is 4. The predicted molar refractivity (Wildman–Crippen MR) is 92.2 cm³/mol. The Morgan fingerprint density at radius 1 is 1.33 bits per heavy atom. The van der Waals surface area contributed by atoms with Crippen LogP contribution in [-0.2, 0) is 4.79 Å². The van der Waals surface area contributed by atoms with E-state index in [1.807, 2.05) is 13.8 Å². The molecule has 0 saturated heterocycles. The van der Waals surface area contributed by atoms with E-state index in [0.717, 1.165) is 6.42 Å². The quantitative estimate of drug-likeness (QED) is 0.732. The molecule has 0 aliphatic carbocycles. The van der Waals surface area contributed by atoms with Crippen LogP contribution in [0, 0.1) is 0 Å². The molecule has 24 heavy (non-hydrogen) atoms. The van der Waals surface area contributed by atoms with Crippen molar-refractivity contribution in [2.24, 2.45) is 0 Å². The van der Waals surface area contributed by atoms with E-state index < -0.39 is 11.9 Å². The minimum absolute atomic E-state index is 0.214. The first-order valence-corrected chi connectivity index (χ1v) is 8.26. The van der Waals surface area contributed by atoms with E-state index in [4.69, 9.17) is 26.2 Å². The standard InChI is InChI=1S/C17H24ClNO5/c1-5-7-24-16-13(18)8-12(9-14(16)23-4)17(22)19(10-15(20)21)11(3)6-2/h8-9,11H,5-7,10H2,1-4H3,(H,20,21). The van der Waals surface area contributed by atoms with Crippen LogP contribution in [0.5, 0.6) is 11.5 Å². The lowest BCUT2D eigenvalue weighted by Gasteiger charge is -2.27. The molecule has 1 rings (SSSR count). The van der Waals surface area contributed by atoms with Crippen LogP contribution < -0.4 is 9.47 Å². The van der Waals surface area contributed by atoms with E-state index in [9.17, 15) is 9.59 Å². The molecule has 7 heteroatoms. The molecule has 0 radical (unpaired) electrons. The third-order valence-electron chi connectivity index (χ3n) is 3.62. The summed E-state index contributed by atoms with van der Waals surface area (Å²) >= 11 is 6.22. The zero-order chi connectivity index (χ0) is 18.3. The second-order valence-electron chi connectivity index (χ2n) is 5.42. The molecule has 0 heterocycles. The molecule has 1 amide bonds. The molecule has 134 valence electrons. The number of methoxy groups -OCH3 is 1. The summed E-state index contributed by atoms with van der Waals surface area (Å²) in [7, 11) is 1.46. The molecular formula is C17H24ClNO5. The second-order valence-corrected chi connectivity index (χ2v) is 5.83. The fourth-order valence-electron chi connectivity index (χ4n) is 2.15. The number of hydrogen-bond donors (Lipinski definition) is 1. The number of halogens is 1. The van der Waals surface area contributed by atoms with Gasteiger partial charge in [-0.05, 0) is 31.9 Å². The lowest BCUT2D eigenvalue weighted by atomic mass is 10.1. The normalized spacial score (nSPS) is 11.7. The van der Waals surface area contributed by atoms with Crippen molar-refractivity contribution in [1.29, 1.82) is 0 Å². The van der Waals surface area contributed by atoms with Crippen molar-refractivity contribution in [1.82, 2.24) is 4.90 Å². The van der Waals surface area contributed by atoms with Crippen LogP contribution in [0.15, 0.2) is 12.1 Å². The fourth-order valence-corrected chi connectivity index (χ4v) is 2.41. The highest BCUT2D eigenvalue weighted by atomic mass is 35.5. The van der Waals surface area contributed by atoms with Crippen molar-refractivity contribution in [3.05, 3.63) is 22.7 Å². The molecule has 1 aromatic rings. The Balaban J connectivity index is 3.21. The van der Waals surface area contributed by atoms with Crippen molar-refractivity contribution < 1.29 is 24.2 Å². The summed E-state index contributed by atoms with van der Waals surface area (Å²) in [6, 6.07) is 2.79. The monoisotopic (exact) mass is 357 g/mol. The van der Waals surface area contributed by atoms with Gasteiger partial charge in [-0.25, -0.2) is 0 Å². The third-order valence-corrected chi connectivity index (χ3v) is 3.90. The van der Waals surface area contributed by atoms with Crippen molar-refractivity contribution in [3.8, 4) is 11.5 Å². The zero-order valence-corrected chi connectivity index (χ0v) is 15.2. The molecule has 0 aliphatic rings. The number of ether oxygens (including phenoxy) is 2. The van der Waals surface area contributed by atoms with E-state index in [2.05, 4.69) is 0 Å². The predicted octanol–water partition coefficient (Wildman–Crippen LogP) is 3.46. The van der Waals surface area contributed by atoms with Gasteiger partial charge in [-0.15, -0.1) is 0 Å². The number of aliphatic carboxylic acids is 1. The van der Waals surface area contributed by atoms with Crippen LogP contribution in [0.25, 0.3) is 0 Å². The van der Waals surface area contributed by atoms with Crippen LogP contribution in [0.3, 0.4) is 0 Å². The van der Waals surface area contributed by atoms with E-state index in [1.54, 1.807) is 6.92 Å². The Hall–Kier alpha value is -1.95. The fraction of sp³-hybridized carbons (Fsp3) is 0.529. The summed E-state index contributed by atoms with van der Waals surface area (Å²) in [4.78, 5) is 25.1. The number of carbonyl (C=O) groups is 2. The highest BCUT2D eigenvalue weighted by Gasteiger charge is 2.25. The van der Waals surface area contributed by atoms with Crippen LogP contribution in [0.4, 0.5) is 0 Å². The van der Waals surface area contributed by atoms with Gasteiger partial charge >= 0.3 is 5.97 Å². The van der Waals surface area contributed by atoms with E-state index in [-0.39, 0.29) is 23.2 Å². The van der Waals surface area contributed by atoms with Gasteiger partial charge in [0.05, 0.1) is 18.7 Å². The SMILES string of the molecule is CCCOc1c(Cl)cc(C(=O)N(CC(=O)O)C(C)CC)cc1OC. The zero-order valence-electron chi connectivity index (χ0n) is 14.5. The molecule has 0 fully saturated rings. The maximum atomic E-state index is 12.7. The molecule has 1 unspecified atom stereocenters. The van der Waals surface area contributed by atoms with E-state index in [0.29, 0.717) is 24.5 Å². The van der Waals surface area contributed by atoms with Crippen LogP contribution in [0.2, 0.25) is 5.02 Å². The second kappa shape index (κ2) is 9.37. The Kier molecular flexibility index (Phi) is 7.85. The van der Waals surface area contributed by atoms with Gasteiger partial charge in [0.2, 0.25) is 0 Å². The first-order valence-electron chi connectivity index (χ1n) is 7.88. The molecular weight excluding hydrogens is 334 g/mol. The van der Waals surface area contributed by atoms with Gasteiger partial charge in [0, 0.05) is 11.6 Å². The highest BCUT2D eigenvalue weighted by molar-refractivity contribution is 6.32. The average Bonchev–Trinajstić information content (AvgIpc) is 2.56. The topological polar surface area (TPSA) is 76.1 Å². The number of carboxylic acid groups (broad SMARTS) is 1. The lowest BCUT2D eigenvalue weighted by Crippen LogP contribution is -2.41. The number of carbonyl (C=O) groups excluding carboxylic acids is 1. The Morgan fingerprint density at radius 3 is 2.50 bits per heavy atom. The number of nitrogens with zero attached hydrogens (tertiary/aromatic N) is 1. The van der Waals surface area contributed by atoms with Crippen LogP contribution in [0.1, 0.15) is 44.0 Å². The summed E-state index contributed by atoms with van der Waals surface area (Å²) in [6.45, 7) is 5.76. The average molecular weight is 358 g/mol. The summed E-state index contributed by atoms with van der Waals surface area (Å²) in [5, 5.41) is 9.31. The molecule has 0 saturated carbocycles. The summed E-state index contributed by atoms with van der Waals surface area (Å²) in [5.74, 6) is -0.747. The van der Waals surface area contributed by atoms with Crippen molar-refractivity contribution in [3.63, 3.8) is 0 Å². The lowest BCUT2D eigenvalue weighted by molar-refractivity contribution is -0.138. The smallest absolute Gasteiger partial charge is 0.323 e. The third kappa shape index (κ3) is 5.03. The Labute approximate surface area is 147 Å². The Morgan fingerprint density at radius 2 is 2.00 bits per heavy atom. The van der Waals surface area contributed by atoms with Gasteiger partial charge < -0.3 is 19.5 Å². The van der Waals surface area contributed by atoms with Crippen LogP contribution >= 0.6 is 11.6 Å². The van der Waals surface area contributed by atoms with Gasteiger partial charge in [0.25, 0.3) is 5.91 Å². The van der Waals surface area contributed by atoms with Crippen molar-refractivity contribution >= 4 is 23.5 Å². The van der Waals surface area contributed by atoms with Gasteiger partial charge in [-0.3, -0.25) is 9.59 Å². The number of amides is 1. The Bertz CT molecular complexity index is 591. The number of rotatable bonds is 9. The molecule has 1 aromatic carbocycles. The number of benzene rings is 1. The minimum atomic E-state index is -1.07. The first-order chi connectivity index (χ1) is 11.3.